The van der Waals surface area contributed by atoms with Crippen molar-refractivity contribution >= 4 is 113 Å². The lowest BCUT2D eigenvalue weighted by atomic mass is 10.0. The molecule has 67 heavy (non-hydrogen) atoms. The van der Waals surface area contributed by atoms with Crippen LogP contribution < -0.4 is 30.7 Å². The van der Waals surface area contributed by atoms with Gasteiger partial charge in [-0.2, -0.15) is 0 Å². The van der Waals surface area contributed by atoms with Gasteiger partial charge in [-0.3, -0.25) is 19.2 Å². The van der Waals surface area contributed by atoms with Crippen LogP contribution in [0.2, 0.25) is 0 Å². The maximum atomic E-state index is 13.5. The van der Waals surface area contributed by atoms with Crippen molar-refractivity contribution in [2.75, 3.05) is 34.5 Å². The topological polar surface area (TPSA) is 161 Å². The number of fused-ring (bicyclic) bond motifs is 4. The normalized spacial score (nSPS) is 11.1. The van der Waals surface area contributed by atoms with Gasteiger partial charge in [0.15, 0.2) is 0 Å². The maximum absolute atomic E-state index is 13.5. The fourth-order valence-electron chi connectivity index (χ4n) is 7.86. The van der Waals surface area contributed by atoms with Gasteiger partial charge in [0.1, 0.15) is 34.8 Å². The zero-order chi connectivity index (χ0) is 46.1. The van der Waals surface area contributed by atoms with Gasteiger partial charge in [-0.05, 0) is 112 Å². The number of rotatable bonds is 16. The highest BCUT2D eigenvalue weighted by atomic mass is 127. The Hall–Kier alpha value is -7.91. The van der Waals surface area contributed by atoms with Gasteiger partial charge in [0, 0.05) is 49.1 Å². The number of carbonyl (C=O) groups is 4. The molecule has 13 heteroatoms. The minimum atomic E-state index is -0.500. The largest absolute Gasteiger partial charge is 0.492 e. The summed E-state index contributed by atoms with van der Waals surface area (Å²) in [5, 5.41) is 19.5. The zero-order valence-corrected chi connectivity index (χ0v) is 38.2. The number of anilines is 4. The quantitative estimate of drug-likeness (QED) is 0.0423. The molecular weight excluding hydrogens is 956 g/mol. The van der Waals surface area contributed by atoms with Crippen LogP contribution >= 0.6 is 22.6 Å². The Morgan fingerprint density at radius 1 is 0.418 bits per heavy atom. The predicted molar refractivity (Wildman–Crippen MR) is 273 cm³/mol. The minimum Gasteiger partial charge on any atom is -0.492 e. The molecule has 0 fully saturated rings. The van der Waals surface area contributed by atoms with Crippen molar-refractivity contribution in [2.45, 2.75) is 25.7 Å². The number of nitrogens with zero attached hydrogens (tertiary/aromatic N) is 2. The molecule has 7 aromatic carbocycles. The Labute approximate surface area is 399 Å². The van der Waals surface area contributed by atoms with Crippen molar-refractivity contribution in [3.63, 3.8) is 0 Å². The van der Waals surface area contributed by atoms with Gasteiger partial charge < -0.3 is 30.7 Å². The van der Waals surface area contributed by atoms with E-state index in [2.05, 4.69) is 67.6 Å². The summed E-state index contributed by atoms with van der Waals surface area (Å²) in [6.07, 6.45) is 1.35. The Bertz CT molecular complexity index is 3020. The number of carbonyl (C=O) groups excluding carboxylic acids is 4. The molecule has 0 unspecified atom stereocenters. The van der Waals surface area contributed by atoms with E-state index >= 15 is 0 Å². The average Bonchev–Trinajstić information content (AvgIpc) is 3.33. The van der Waals surface area contributed by atoms with Crippen molar-refractivity contribution < 1.29 is 28.7 Å². The molecule has 0 atom stereocenters. The number of benzene rings is 7. The number of ether oxygens (including phenoxy) is 2. The second-order valence-electron chi connectivity index (χ2n) is 15.7. The van der Waals surface area contributed by atoms with Gasteiger partial charge in [-0.25, -0.2) is 9.97 Å². The van der Waals surface area contributed by atoms with Gasteiger partial charge >= 0.3 is 0 Å². The summed E-state index contributed by atoms with van der Waals surface area (Å²) in [7, 11) is 0. The molecule has 0 aliphatic rings. The molecule has 0 aliphatic heterocycles. The van der Waals surface area contributed by atoms with Crippen molar-refractivity contribution in [3.8, 4) is 11.5 Å². The van der Waals surface area contributed by atoms with Crippen LogP contribution in [-0.4, -0.2) is 46.8 Å². The van der Waals surface area contributed by atoms with Crippen LogP contribution in [0.15, 0.2) is 164 Å². The van der Waals surface area contributed by atoms with Gasteiger partial charge in [0.2, 0.25) is 11.8 Å². The maximum Gasteiger partial charge on any atom is 0.256 e. The van der Waals surface area contributed by atoms with Crippen molar-refractivity contribution in [3.05, 3.63) is 178 Å². The smallest absolute Gasteiger partial charge is 0.256 e. The van der Waals surface area contributed by atoms with E-state index in [1.165, 1.54) is 6.07 Å². The minimum absolute atomic E-state index is 0.199. The first-order valence-corrected chi connectivity index (χ1v) is 22.9. The van der Waals surface area contributed by atoms with Gasteiger partial charge in [0.25, 0.3) is 11.8 Å². The number of amides is 4. The first-order valence-electron chi connectivity index (χ1n) is 21.8. The van der Waals surface area contributed by atoms with Crippen molar-refractivity contribution in [1.82, 2.24) is 9.97 Å². The Balaban J connectivity index is 0.751. The standard InChI is InChI=1S/C54H43IN6O6/c55-40-32-38(53(64)60-47-23-9-21-45(56-47)58-49(62)25-11-27-66-51-41-17-5-1-13-34(41)29-35-14-2-6-18-42(35)51)31-39(33-40)54(65)61-48-24-10-22-46(57-48)59-50(63)26-12-28-67-52-43-19-7-3-15-36(43)30-37-16-4-8-20-44(37)52/h1-10,13-24,29-33H,11-12,25-28H2,(H2,56,58,60,62,64)(H2,57,59,61,63,65). The molecule has 0 saturated heterocycles. The number of nitrogens with one attached hydrogen (secondary N) is 4. The highest BCUT2D eigenvalue weighted by Gasteiger charge is 2.16. The van der Waals surface area contributed by atoms with Gasteiger partial charge in [-0.1, -0.05) is 109 Å². The number of halogens is 1. The second-order valence-corrected chi connectivity index (χ2v) is 17.0. The van der Waals surface area contributed by atoms with Crippen LogP contribution in [0.3, 0.4) is 0 Å². The fraction of sp³-hybridized carbons (Fsp3) is 0.111. The highest BCUT2D eigenvalue weighted by molar-refractivity contribution is 14.1. The molecule has 0 saturated carbocycles. The summed E-state index contributed by atoms with van der Waals surface area (Å²) < 4.78 is 13.2. The summed E-state index contributed by atoms with van der Waals surface area (Å²) in [4.78, 5) is 61.6. The highest BCUT2D eigenvalue weighted by Crippen LogP contribution is 2.36. The molecule has 0 bridgehead atoms. The number of hydrogen-bond acceptors (Lipinski definition) is 8. The van der Waals surface area contributed by atoms with E-state index < -0.39 is 11.8 Å². The fourth-order valence-corrected chi connectivity index (χ4v) is 8.53. The summed E-state index contributed by atoms with van der Waals surface area (Å²) in [5.41, 5.74) is 0.442. The van der Waals surface area contributed by atoms with Crippen molar-refractivity contribution in [1.29, 1.82) is 0 Å². The SMILES string of the molecule is O=C(CCCOc1c2ccccc2cc2ccccc12)Nc1cccc(NC(=O)c2cc(I)cc(C(=O)Nc3cccc(NC(=O)CCCOc4c5ccccc5cc5ccccc45)n3)c2)n1. The Morgan fingerprint density at radius 3 is 1.13 bits per heavy atom. The van der Waals surface area contributed by atoms with Crippen molar-refractivity contribution in [2.24, 2.45) is 0 Å². The summed E-state index contributed by atoms with van der Waals surface area (Å²) in [6.45, 7) is 0.685. The second kappa shape index (κ2) is 20.5. The van der Waals surface area contributed by atoms with E-state index in [9.17, 15) is 19.2 Å². The van der Waals surface area contributed by atoms with E-state index in [0.717, 1.165) is 54.6 Å². The van der Waals surface area contributed by atoms with Crippen LogP contribution in [0.25, 0.3) is 43.1 Å². The number of hydrogen-bond donors (Lipinski definition) is 4. The number of pyridine rings is 2. The molecule has 0 aliphatic carbocycles. The predicted octanol–water partition coefficient (Wildman–Crippen LogP) is 11.8. The molecule has 2 heterocycles. The van der Waals surface area contributed by atoms with E-state index in [1.54, 1.807) is 48.5 Å². The van der Waals surface area contributed by atoms with E-state index in [0.29, 0.717) is 29.6 Å². The monoisotopic (exact) mass is 998 g/mol. The van der Waals surface area contributed by atoms with E-state index in [4.69, 9.17) is 9.47 Å². The average molecular weight is 999 g/mol. The number of aromatic nitrogens is 2. The summed E-state index contributed by atoms with van der Waals surface area (Å²) in [6, 6.07) is 51.2. The lowest BCUT2D eigenvalue weighted by Crippen LogP contribution is -2.18. The third-order valence-corrected chi connectivity index (χ3v) is 11.6. The molecule has 9 aromatic rings. The molecule has 0 radical (unpaired) electrons. The van der Waals surface area contributed by atoms with E-state index in [1.807, 2.05) is 95.4 Å². The lowest BCUT2D eigenvalue weighted by molar-refractivity contribution is -0.117. The lowest BCUT2D eigenvalue weighted by Gasteiger charge is -2.13. The molecule has 4 amide bonds. The molecule has 332 valence electrons. The first-order chi connectivity index (χ1) is 32.7. The van der Waals surface area contributed by atoms with Gasteiger partial charge in [0.05, 0.1) is 13.2 Å². The van der Waals surface area contributed by atoms with Crippen LogP contribution in [0.5, 0.6) is 11.5 Å². The summed E-state index contributed by atoms with van der Waals surface area (Å²) in [5.74, 6) is 1.09. The molecule has 0 spiro atoms. The first kappa shape index (κ1) is 44.3. The van der Waals surface area contributed by atoms with Gasteiger partial charge in [-0.15, -0.1) is 0 Å². The molecule has 2 aromatic heterocycles. The molecule has 9 rings (SSSR count). The summed E-state index contributed by atoms with van der Waals surface area (Å²) >= 11 is 2.04. The molecule has 4 N–H and O–H groups in total. The third kappa shape index (κ3) is 10.8. The molecular formula is C54H43IN6O6. The Kier molecular flexibility index (Phi) is 13.6. The van der Waals surface area contributed by atoms with Crippen LogP contribution in [0.4, 0.5) is 23.3 Å². The van der Waals surface area contributed by atoms with Crippen LogP contribution in [0, 0.1) is 3.57 Å². The Morgan fingerprint density at radius 2 is 0.761 bits per heavy atom. The van der Waals surface area contributed by atoms with Crippen LogP contribution in [-0.2, 0) is 9.59 Å². The molecule has 12 nitrogen and oxygen atoms in total. The van der Waals surface area contributed by atoms with Crippen LogP contribution in [0.1, 0.15) is 46.4 Å². The van der Waals surface area contributed by atoms with E-state index in [-0.39, 0.29) is 59.1 Å². The third-order valence-electron chi connectivity index (χ3n) is 11.0. The zero-order valence-electron chi connectivity index (χ0n) is 36.1.